The van der Waals surface area contributed by atoms with Crippen molar-refractivity contribution in [2.45, 2.75) is 26.7 Å². The van der Waals surface area contributed by atoms with E-state index in [1.54, 1.807) is 0 Å². The van der Waals surface area contributed by atoms with Gasteiger partial charge in [-0.1, -0.05) is 35.0 Å². The fourth-order valence-corrected chi connectivity index (χ4v) is 3.36. The fraction of sp³-hybridized carbons (Fsp3) is 0.381. The Morgan fingerprint density at radius 1 is 1.14 bits per heavy atom. The molecule has 1 aliphatic heterocycles. The summed E-state index contributed by atoms with van der Waals surface area (Å²) in [5.41, 5.74) is 2.59. The van der Waals surface area contributed by atoms with Crippen LogP contribution in [0, 0.1) is 12.8 Å². The second-order valence-electron chi connectivity index (χ2n) is 7.08. The molecule has 3 heterocycles. The molecule has 1 saturated heterocycles. The van der Waals surface area contributed by atoms with Crippen molar-refractivity contribution in [1.29, 1.82) is 0 Å². The molecule has 2 aromatic heterocycles. The monoisotopic (exact) mass is 393 g/mol. The lowest BCUT2D eigenvalue weighted by Crippen LogP contribution is -2.37. The minimum absolute atomic E-state index is 0.0305. The van der Waals surface area contributed by atoms with E-state index < -0.39 is 0 Å². The Labute approximate surface area is 168 Å². The highest BCUT2D eigenvalue weighted by molar-refractivity contribution is 5.72. The first-order valence-corrected chi connectivity index (χ1v) is 9.80. The molecule has 0 bridgehead atoms. The van der Waals surface area contributed by atoms with Crippen molar-refractivity contribution in [3.8, 4) is 23.0 Å². The van der Waals surface area contributed by atoms with Crippen LogP contribution >= 0.6 is 0 Å². The van der Waals surface area contributed by atoms with Crippen LogP contribution in [0.4, 0.5) is 5.82 Å². The van der Waals surface area contributed by atoms with Crippen LogP contribution in [-0.4, -0.2) is 46.0 Å². The molecule has 3 aromatic rings. The number of anilines is 1. The van der Waals surface area contributed by atoms with Gasteiger partial charge in [-0.05, 0) is 38.8 Å². The molecule has 0 atom stereocenters. The first-order valence-electron chi connectivity index (χ1n) is 9.80. The van der Waals surface area contributed by atoms with Gasteiger partial charge in [-0.3, -0.25) is 4.79 Å². The van der Waals surface area contributed by atoms with Crippen molar-refractivity contribution in [1.82, 2.24) is 20.3 Å². The second-order valence-corrected chi connectivity index (χ2v) is 7.08. The molecular weight excluding hydrogens is 370 g/mol. The summed E-state index contributed by atoms with van der Waals surface area (Å²) in [6.07, 6.45) is 1.51. The molecule has 8 nitrogen and oxygen atoms in total. The van der Waals surface area contributed by atoms with Crippen LogP contribution < -0.4 is 4.90 Å². The van der Waals surface area contributed by atoms with Crippen LogP contribution in [0.15, 0.2) is 40.9 Å². The van der Waals surface area contributed by atoms with Gasteiger partial charge < -0.3 is 14.2 Å². The van der Waals surface area contributed by atoms with Crippen molar-refractivity contribution in [2.24, 2.45) is 5.92 Å². The SMILES string of the molecule is CCOC(=O)C1CCN(c2ccc(-c3nc(-c4ccc(C)cc4)no3)nn2)CC1. The van der Waals surface area contributed by atoms with Gasteiger partial charge in [-0.2, -0.15) is 4.98 Å². The van der Waals surface area contributed by atoms with Crippen molar-refractivity contribution in [3.05, 3.63) is 42.0 Å². The number of carbonyl (C=O) groups excluding carboxylic acids is 1. The Morgan fingerprint density at radius 3 is 2.55 bits per heavy atom. The van der Waals surface area contributed by atoms with Gasteiger partial charge in [-0.15, -0.1) is 10.2 Å². The standard InChI is InChI=1S/C21H23N5O3/c1-3-28-21(27)16-10-12-26(13-11-16)18-9-8-17(23-24-18)20-22-19(25-29-20)15-6-4-14(2)5-7-15/h4-9,16H,3,10-13H2,1-2H3. The second kappa shape index (κ2) is 8.38. The van der Waals surface area contributed by atoms with E-state index in [0.29, 0.717) is 24.0 Å². The molecule has 0 radical (unpaired) electrons. The van der Waals surface area contributed by atoms with Crippen LogP contribution in [-0.2, 0) is 9.53 Å². The van der Waals surface area contributed by atoms with E-state index in [-0.39, 0.29) is 11.9 Å². The average Bonchev–Trinajstić information content (AvgIpc) is 3.25. The Morgan fingerprint density at radius 2 is 1.90 bits per heavy atom. The van der Waals surface area contributed by atoms with Gasteiger partial charge in [0, 0.05) is 18.7 Å². The Bertz CT molecular complexity index is 961. The molecule has 1 fully saturated rings. The Kier molecular flexibility index (Phi) is 5.50. The predicted octanol–water partition coefficient (Wildman–Crippen LogP) is 3.28. The number of carbonyl (C=O) groups is 1. The molecule has 29 heavy (non-hydrogen) atoms. The van der Waals surface area contributed by atoms with Gasteiger partial charge in [0.05, 0.1) is 12.5 Å². The van der Waals surface area contributed by atoms with Gasteiger partial charge in [0.25, 0.3) is 5.89 Å². The molecule has 0 aliphatic carbocycles. The van der Waals surface area contributed by atoms with Crippen molar-refractivity contribution in [2.75, 3.05) is 24.6 Å². The molecule has 4 rings (SSSR count). The van der Waals surface area contributed by atoms with E-state index in [4.69, 9.17) is 9.26 Å². The molecular formula is C21H23N5O3. The normalized spacial score (nSPS) is 14.8. The first-order chi connectivity index (χ1) is 14.1. The molecule has 0 spiro atoms. The maximum absolute atomic E-state index is 11.9. The highest BCUT2D eigenvalue weighted by Crippen LogP contribution is 2.25. The van der Waals surface area contributed by atoms with Gasteiger partial charge in [0.15, 0.2) is 11.5 Å². The number of nitrogens with zero attached hydrogens (tertiary/aromatic N) is 5. The number of hydrogen-bond donors (Lipinski definition) is 0. The van der Waals surface area contributed by atoms with E-state index in [2.05, 4.69) is 25.2 Å². The van der Waals surface area contributed by atoms with Crippen molar-refractivity contribution in [3.63, 3.8) is 0 Å². The number of hydrogen-bond acceptors (Lipinski definition) is 8. The minimum Gasteiger partial charge on any atom is -0.466 e. The molecule has 1 aromatic carbocycles. The molecule has 0 saturated carbocycles. The molecule has 8 heteroatoms. The molecule has 150 valence electrons. The third kappa shape index (κ3) is 4.26. The van der Waals surface area contributed by atoms with E-state index in [9.17, 15) is 4.79 Å². The molecule has 0 N–H and O–H groups in total. The maximum Gasteiger partial charge on any atom is 0.309 e. The predicted molar refractivity (Wildman–Crippen MR) is 107 cm³/mol. The van der Waals surface area contributed by atoms with E-state index in [0.717, 1.165) is 37.3 Å². The zero-order valence-corrected chi connectivity index (χ0v) is 16.5. The van der Waals surface area contributed by atoms with Gasteiger partial charge in [0.2, 0.25) is 5.82 Å². The van der Waals surface area contributed by atoms with Gasteiger partial charge in [0.1, 0.15) is 0 Å². The highest BCUT2D eigenvalue weighted by Gasteiger charge is 2.26. The zero-order chi connectivity index (χ0) is 20.2. The van der Waals surface area contributed by atoms with Crippen molar-refractivity contribution >= 4 is 11.8 Å². The summed E-state index contributed by atoms with van der Waals surface area (Å²) in [6.45, 7) is 5.78. The van der Waals surface area contributed by atoms with Crippen LogP contribution in [0.5, 0.6) is 0 Å². The highest BCUT2D eigenvalue weighted by atomic mass is 16.5. The number of esters is 1. The van der Waals surface area contributed by atoms with Gasteiger partial charge >= 0.3 is 5.97 Å². The number of ether oxygens (including phenoxy) is 1. The molecule has 1 aliphatic rings. The fourth-order valence-electron chi connectivity index (χ4n) is 3.36. The quantitative estimate of drug-likeness (QED) is 0.610. The number of aryl methyl sites for hydroxylation is 1. The molecule has 0 amide bonds. The van der Waals surface area contributed by atoms with Gasteiger partial charge in [-0.25, -0.2) is 0 Å². The van der Waals surface area contributed by atoms with E-state index in [1.807, 2.05) is 50.2 Å². The number of benzene rings is 1. The molecule has 0 unspecified atom stereocenters. The average molecular weight is 393 g/mol. The van der Waals surface area contributed by atoms with Crippen LogP contribution in [0.1, 0.15) is 25.3 Å². The lowest BCUT2D eigenvalue weighted by atomic mass is 9.97. The summed E-state index contributed by atoms with van der Waals surface area (Å²) < 4.78 is 10.5. The summed E-state index contributed by atoms with van der Waals surface area (Å²) in [7, 11) is 0. The number of aromatic nitrogens is 4. The van der Waals surface area contributed by atoms with Crippen molar-refractivity contribution < 1.29 is 14.1 Å². The van der Waals surface area contributed by atoms with E-state index in [1.165, 1.54) is 5.56 Å². The summed E-state index contributed by atoms with van der Waals surface area (Å²) in [4.78, 5) is 18.4. The summed E-state index contributed by atoms with van der Waals surface area (Å²) in [6, 6.07) is 11.6. The van der Waals surface area contributed by atoms with Crippen LogP contribution in [0.3, 0.4) is 0 Å². The number of piperidine rings is 1. The maximum atomic E-state index is 11.9. The Hall–Kier alpha value is -3.29. The van der Waals surface area contributed by atoms with Crippen LogP contribution in [0.25, 0.3) is 23.0 Å². The summed E-state index contributed by atoms with van der Waals surface area (Å²) in [5, 5.41) is 12.6. The summed E-state index contributed by atoms with van der Waals surface area (Å²) >= 11 is 0. The lowest BCUT2D eigenvalue weighted by molar-refractivity contribution is -0.148. The summed E-state index contributed by atoms with van der Waals surface area (Å²) in [5.74, 6) is 1.49. The number of rotatable bonds is 5. The zero-order valence-electron chi connectivity index (χ0n) is 16.5. The minimum atomic E-state index is -0.102. The first kappa shape index (κ1) is 19.0. The van der Waals surface area contributed by atoms with Crippen LogP contribution in [0.2, 0.25) is 0 Å². The van der Waals surface area contributed by atoms with E-state index >= 15 is 0 Å². The topological polar surface area (TPSA) is 94.2 Å². The Balaban J connectivity index is 1.41. The third-order valence-electron chi connectivity index (χ3n) is 5.04. The third-order valence-corrected chi connectivity index (χ3v) is 5.04. The largest absolute Gasteiger partial charge is 0.466 e. The smallest absolute Gasteiger partial charge is 0.309 e. The lowest BCUT2D eigenvalue weighted by Gasteiger charge is -2.31.